The van der Waals surface area contributed by atoms with E-state index in [-0.39, 0.29) is 5.78 Å². The third-order valence-corrected chi connectivity index (χ3v) is 2.76. The molecule has 0 heterocycles. The Morgan fingerprint density at radius 1 is 1.16 bits per heavy atom. The third kappa shape index (κ3) is 3.04. The fraction of sp³-hybridized carbons (Fsp3) is 0.133. The van der Waals surface area contributed by atoms with Gasteiger partial charge in [0.1, 0.15) is 5.71 Å². The number of nitrogens with zero attached hydrogens (tertiary/aromatic N) is 1. The molecule has 2 rings (SSSR count). The summed E-state index contributed by atoms with van der Waals surface area (Å²) in [6.07, 6.45) is 4.49. The van der Waals surface area contributed by atoms with Gasteiger partial charge in [-0.1, -0.05) is 23.4 Å². The molecule has 0 unspecified atom stereocenters. The quantitative estimate of drug-likeness (QED) is 0.463. The maximum atomic E-state index is 11.8. The predicted octanol–water partition coefficient (Wildman–Crippen LogP) is 2.59. The zero-order valence-electron chi connectivity index (χ0n) is 10.7. The molecule has 4 nitrogen and oxygen atoms in total. The molecule has 0 saturated carbocycles. The largest absolute Gasteiger partial charge is 0.366 e. The molecule has 1 aromatic rings. The van der Waals surface area contributed by atoms with Crippen LogP contribution in [0.3, 0.4) is 0 Å². The van der Waals surface area contributed by atoms with Gasteiger partial charge in [0.15, 0.2) is 5.78 Å². The first-order chi connectivity index (χ1) is 9.08. The van der Waals surface area contributed by atoms with Gasteiger partial charge in [-0.05, 0) is 49.3 Å². The van der Waals surface area contributed by atoms with E-state index in [1.807, 2.05) is 19.1 Å². The average Bonchev–Trinajstić information content (AvgIpc) is 2.40. The van der Waals surface area contributed by atoms with Crippen LogP contribution in [0.15, 0.2) is 53.2 Å². The minimum Gasteiger partial charge on any atom is -0.312 e. The van der Waals surface area contributed by atoms with Gasteiger partial charge in [-0.15, -0.1) is 0 Å². The first-order valence-corrected chi connectivity index (χ1v) is 5.83. The van der Waals surface area contributed by atoms with Crippen LogP contribution in [0.1, 0.15) is 22.8 Å². The molecule has 0 radical (unpaired) electrons. The van der Waals surface area contributed by atoms with Crippen molar-refractivity contribution in [3.05, 3.63) is 59.2 Å². The van der Waals surface area contributed by atoms with Crippen molar-refractivity contribution in [2.75, 3.05) is 0 Å². The molecule has 1 aromatic carbocycles. The highest BCUT2D eigenvalue weighted by Gasteiger charge is 2.11. The van der Waals surface area contributed by atoms with E-state index in [1.54, 1.807) is 25.1 Å². The molecular formula is C15H13NO3. The number of benzene rings is 1. The van der Waals surface area contributed by atoms with Crippen LogP contribution in [0.4, 0.5) is 0 Å². The van der Waals surface area contributed by atoms with Gasteiger partial charge in [-0.25, -0.2) is 4.79 Å². The number of rotatable bonds is 2. The van der Waals surface area contributed by atoms with Crippen LogP contribution in [0.2, 0.25) is 0 Å². The predicted molar refractivity (Wildman–Crippen MR) is 71.9 cm³/mol. The van der Waals surface area contributed by atoms with E-state index < -0.39 is 5.97 Å². The lowest BCUT2D eigenvalue weighted by molar-refractivity contribution is -0.111. The fourth-order valence-corrected chi connectivity index (χ4v) is 1.64. The van der Waals surface area contributed by atoms with Crippen LogP contribution < -0.4 is 0 Å². The Bertz CT molecular complexity index is 624. The van der Waals surface area contributed by atoms with Gasteiger partial charge in [0.2, 0.25) is 0 Å². The maximum Gasteiger partial charge on any atom is 0.366 e. The third-order valence-electron chi connectivity index (χ3n) is 2.76. The number of hydrogen-bond donors (Lipinski definition) is 0. The molecule has 0 aromatic heterocycles. The van der Waals surface area contributed by atoms with Crippen molar-refractivity contribution < 1.29 is 14.4 Å². The van der Waals surface area contributed by atoms with Gasteiger partial charge in [0, 0.05) is 0 Å². The number of ketones is 1. The molecule has 1 aliphatic carbocycles. The summed E-state index contributed by atoms with van der Waals surface area (Å²) < 4.78 is 0. The number of hydrogen-bond acceptors (Lipinski definition) is 4. The topological polar surface area (TPSA) is 55.7 Å². The lowest BCUT2D eigenvalue weighted by atomic mass is 10.1. The Morgan fingerprint density at radius 2 is 1.89 bits per heavy atom. The van der Waals surface area contributed by atoms with E-state index in [2.05, 4.69) is 5.16 Å². The van der Waals surface area contributed by atoms with Crippen molar-refractivity contribution in [2.45, 2.75) is 13.8 Å². The molecule has 1 aliphatic rings. The van der Waals surface area contributed by atoms with E-state index in [9.17, 15) is 9.59 Å². The monoisotopic (exact) mass is 255 g/mol. The van der Waals surface area contributed by atoms with E-state index in [4.69, 9.17) is 4.84 Å². The fourth-order valence-electron chi connectivity index (χ4n) is 1.64. The van der Waals surface area contributed by atoms with Gasteiger partial charge in [0.05, 0.1) is 5.56 Å². The second-order valence-corrected chi connectivity index (χ2v) is 4.23. The van der Waals surface area contributed by atoms with Crippen LogP contribution in [-0.4, -0.2) is 17.5 Å². The lowest BCUT2D eigenvalue weighted by Crippen LogP contribution is -2.08. The summed E-state index contributed by atoms with van der Waals surface area (Å²) >= 11 is 0. The molecule has 0 atom stereocenters. The summed E-state index contributed by atoms with van der Waals surface area (Å²) in [6, 6.07) is 7.12. The van der Waals surface area contributed by atoms with E-state index in [1.165, 1.54) is 12.2 Å². The second kappa shape index (κ2) is 5.44. The van der Waals surface area contributed by atoms with Crippen LogP contribution >= 0.6 is 0 Å². The van der Waals surface area contributed by atoms with Crippen molar-refractivity contribution in [3.8, 4) is 0 Å². The van der Waals surface area contributed by atoms with Crippen molar-refractivity contribution in [1.29, 1.82) is 0 Å². The molecule has 0 N–H and O–H groups in total. The van der Waals surface area contributed by atoms with Crippen molar-refractivity contribution in [3.63, 3.8) is 0 Å². The SMILES string of the molecule is CC1=C/C(=N/OC(=O)c2ccccc2C)C=CC1=O. The van der Waals surface area contributed by atoms with Crippen LogP contribution in [0.5, 0.6) is 0 Å². The summed E-state index contributed by atoms with van der Waals surface area (Å²) in [6.45, 7) is 3.51. The Morgan fingerprint density at radius 3 is 2.58 bits per heavy atom. The van der Waals surface area contributed by atoms with E-state index in [0.29, 0.717) is 16.8 Å². The second-order valence-electron chi connectivity index (χ2n) is 4.23. The van der Waals surface area contributed by atoms with Gasteiger partial charge in [0.25, 0.3) is 0 Å². The summed E-state index contributed by atoms with van der Waals surface area (Å²) in [4.78, 5) is 27.9. The van der Waals surface area contributed by atoms with Crippen LogP contribution in [0.25, 0.3) is 0 Å². The molecule has 0 spiro atoms. The zero-order valence-corrected chi connectivity index (χ0v) is 10.7. The molecular weight excluding hydrogens is 242 g/mol. The number of aryl methyl sites for hydroxylation is 1. The number of oxime groups is 1. The van der Waals surface area contributed by atoms with E-state index >= 15 is 0 Å². The molecule has 0 bridgehead atoms. The van der Waals surface area contributed by atoms with Crippen molar-refractivity contribution >= 4 is 17.5 Å². The molecule has 0 aliphatic heterocycles. The number of carbonyl (C=O) groups excluding carboxylic acids is 2. The van der Waals surface area contributed by atoms with Gasteiger partial charge < -0.3 is 4.84 Å². The smallest absolute Gasteiger partial charge is 0.312 e. The molecule has 19 heavy (non-hydrogen) atoms. The average molecular weight is 255 g/mol. The minimum absolute atomic E-state index is 0.0656. The summed E-state index contributed by atoms with van der Waals surface area (Å²) in [5.74, 6) is -0.578. The maximum absolute atomic E-state index is 11.8. The molecule has 96 valence electrons. The minimum atomic E-state index is -0.512. The Hall–Kier alpha value is -2.49. The summed E-state index contributed by atoms with van der Waals surface area (Å²) in [7, 11) is 0. The van der Waals surface area contributed by atoms with Crippen molar-refractivity contribution in [2.24, 2.45) is 5.16 Å². The van der Waals surface area contributed by atoms with Crippen LogP contribution in [-0.2, 0) is 9.63 Å². The summed E-state index contributed by atoms with van der Waals surface area (Å²) in [5.41, 5.74) is 2.31. The standard InChI is InChI=1S/C15H13NO3/c1-10-5-3-4-6-13(10)15(18)19-16-12-7-8-14(17)11(2)9-12/h3-9H,1-2H3/b16-12+. The molecule has 0 fully saturated rings. The van der Waals surface area contributed by atoms with Gasteiger partial charge in [-0.3, -0.25) is 4.79 Å². The van der Waals surface area contributed by atoms with Gasteiger partial charge >= 0.3 is 5.97 Å². The number of allylic oxidation sites excluding steroid dienone is 4. The molecule has 4 heteroatoms. The van der Waals surface area contributed by atoms with Gasteiger partial charge in [-0.2, -0.15) is 0 Å². The summed E-state index contributed by atoms with van der Waals surface area (Å²) in [5, 5.41) is 3.74. The molecule has 0 amide bonds. The van der Waals surface area contributed by atoms with Crippen LogP contribution in [0, 0.1) is 6.92 Å². The van der Waals surface area contributed by atoms with Crippen molar-refractivity contribution in [1.82, 2.24) is 0 Å². The first kappa shape index (κ1) is 13.0. The highest BCUT2D eigenvalue weighted by molar-refractivity contribution is 6.18. The lowest BCUT2D eigenvalue weighted by Gasteiger charge is -2.04. The highest BCUT2D eigenvalue weighted by atomic mass is 16.7. The normalized spacial score (nSPS) is 16.4. The van der Waals surface area contributed by atoms with E-state index in [0.717, 1.165) is 5.56 Å². The molecule has 0 saturated heterocycles. The Kier molecular flexibility index (Phi) is 3.71. The first-order valence-electron chi connectivity index (χ1n) is 5.83. The Balaban J connectivity index is 2.12. The number of carbonyl (C=O) groups is 2. The highest BCUT2D eigenvalue weighted by Crippen LogP contribution is 2.10. The zero-order chi connectivity index (χ0) is 13.8. The Labute approximate surface area is 111 Å².